The van der Waals surface area contributed by atoms with Crippen LogP contribution in [0.5, 0.6) is 5.75 Å². The maximum atomic E-state index is 13.1. The van der Waals surface area contributed by atoms with Gasteiger partial charge in [0.25, 0.3) is 0 Å². The Bertz CT molecular complexity index is 714. The first-order chi connectivity index (χ1) is 11.8. The number of ketones is 1. The molecule has 0 radical (unpaired) electrons. The predicted octanol–water partition coefficient (Wildman–Crippen LogP) is 5.02. The monoisotopic (exact) mass is 382 g/mol. The van der Waals surface area contributed by atoms with Crippen molar-refractivity contribution in [3.63, 3.8) is 0 Å². The molecule has 1 aromatic carbocycles. The lowest BCUT2D eigenvalue weighted by atomic mass is 9.73. The van der Waals surface area contributed by atoms with Crippen LogP contribution < -0.4 is 10.5 Å². The van der Waals surface area contributed by atoms with E-state index in [4.69, 9.17) is 39.1 Å². The Morgan fingerprint density at radius 2 is 2.04 bits per heavy atom. The van der Waals surface area contributed by atoms with Gasteiger partial charge in [-0.15, -0.1) is 0 Å². The highest BCUT2D eigenvalue weighted by Gasteiger charge is 2.49. The van der Waals surface area contributed by atoms with Crippen molar-refractivity contribution in [3.8, 4) is 5.75 Å². The average molecular weight is 383 g/mol. The zero-order valence-electron chi connectivity index (χ0n) is 14.5. The van der Waals surface area contributed by atoms with E-state index < -0.39 is 0 Å². The largest absolute Gasteiger partial charge is 0.492 e. The Morgan fingerprint density at radius 1 is 1.36 bits per heavy atom. The van der Waals surface area contributed by atoms with Crippen molar-refractivity contribution in [1.82, 2.24) is 0 Å². The topological polar surface area (TPSA) is 76.2 Å². The molecule has 0 aromatic heterocycles. The summed E-state index contributed by atoms with van der Waals surface area (Å²) >= 11 is 12.8. The Kier molecular flexibility index (Phi) is 5.31. The molecule has 1 unspecified atom stereocenters. The van der Waals surface area contributed by atoms with Crippen LogP contribution in [-0.4, -0.2) is 18.2 Å². The second kappa shape index (κ2) is 7.16. The number of nitrogens with two attached hydrogens (primary N) is 1. The van der Waals surface area contributed by atoms with Gasteiger partial charge in [0.2, 0.25) is 0 Å². The van der Waals surface area contributed by atoms with Crippen molar-refractivity contribution in [2.24, 2.45) is 17.1 Å². The maximum absolute atomic E-state index is 13.1. The summed E-state index contributed by atoms with van der Waals surface area (Å²) in [5.74, 6) is 1.20. The molecule has 6 heteroatoms. The molecule has 4 nitrogen and oxygen atoms in total. The number of ether oxygens (including phenoxy) is 1. The molecule has 0 saturated heterocycles. The van der Waals surface area contributed by atoms with E-state index in [0.29, 0.717) is 53.1 Å². The first-order valence-corrected chi connectivity index (χ1v) is 9.61. The third kappa shape index (κ3) is 3.39. The fourth-order valence-electron chi connectivity index (χ4n) is 4.24. The molecule has 1 aromatic rings. The number of carbonyl (C=O) groups excluding carboxylic acids is 1. The number of rotatable bonds is 6. The number of nitrogens with one attached hydrogen (secondary N) is 1. The van der Waals surface area contributed by atoms with E-state index in [1.54, 1.807) is 0 Å². The SMILES string of the molecule is CC1(C2CCCC2)Cc2cc(OCCCC(=N)N)c(Cl)c(Cl)c2C1=O. The summed E-state index contributed by atoms with van der Waals surface area (Å²) in [6.07, 6.45) is 6.43. The smallest absolute Gasteiger partial charge is 0.171 e. The summed E-state index contributed by atoms with van der Waals surface area (Å²) in [6, 6.07) is 1.87. The van der Waals surface area contributed by atoms with E-state index in [2.05, 4.69) is 6.92 Å². The number of benzene rings is 1. The molecule has 0 heterocycles. The van der Waals surface area contributed by atoms with Crippen LogP contribution in [0, 0.1) is 16.7 Å². The van der Waals surface area contributed by atoms with Crippen LogP contribution in [0.3, 0.4) is 0 Å². The summed E-state index contributed by atoms with van der Waals surface area (Å²) in [6.45, 7) is 2.48. The minimum absolute atomic E-state index is 0.129. The first kappa shape index (κ1) is 18.5. The first-order valence-electron chi connectivity index (χ1n) is 8.86. The zero-order valence-corrected chi connectivity index (χ0v) is 16.0. The second-order valence-electron chi connectivity index (χ2n) is 7.42. The van der Waals surface area contributed by atoms with Crippen molar-refractivity contribution in [1.29, 1.82) is 5.41 Å². The lowest BCUT2D eigenvalue weighted by Crippen LogP contribution is -2.32. The summed E-state index contributed by atoms with van der Waals surface area (Å²) in [5, 5.41) is 7.85. The van der Waals surface area contributed by atoms with E-state index in [-0.39, 0.29) is 17.0 Å². The van der Waals surface area contributed by atoms with E-state index in [9.17, 15) is 4.79 Å². The lowest BCUT2D eigenvalue weighted by Gasteiger charge is -2.29. The van der Waals surface area contributed by atoms with Crippen LogP contribution in [0.2, 0.25) is 10.0 Å². The number of carbonyl (C=O) groups is 1. The molecule has 25 heavy (non-hydrogen) atoms. The average Bonchev–Trinajstić information content (AvgIpc) is 3.17. The highest BCUT2D eigenvalue weighted by atomic mass is 35.5. The fraction of sp³-hybridized carbons (Fsp3) is 0.579. The summed E-state index contributed by atoms with van der Waals surface area (Å²) in [4.78, 5) is 13.1. The quantitative estimate of drug-likeness (QED) is 0.411. The van der Waals surface area contributed by atoms with Gasteiger partial charge in [0.1, 0.15) is 10.8 Å². The van der Waals surface area contributed by atoms with E-state index >= 15 is 0 Å². The third-order valence-corrected chi connectivity index (χ3v) is 6.51. The lowest BCUT2D eigenvalue weighted by molar-refractivity contribution is 0.0744. The van der Waals surface area contributed by atoms with E-state index in [0.717, 1.165) is 18.4 Å². The molecule has 0 bridgehead atoms. The number of amidine groups is 1. The van der Waals surface area contributed by atoms with Crippen molar-refractivity contribution in [2.75, 3.05) is 6.61 Å². The van der Waals surface area contributed by atoms with Crippen molar-refractivity contribution in [2.45, 2.75) is 51.9 Å². The minimum atomic E-state index is -0.376. The number of Topliss-reactive ketones (excluding diaryl/α,β-unsaturated/α-hetero) is 1. The third-order valence-electron chi connectivity index (χ3n) is 5.66. The number of hydrogen-bond acceptors (Lipinski definition) is 3. The minimum Gasteiger partial charge on any atom is -0.492 e. The highest BCUT2D eigenvalue weighted by Crippen LogP contribution is 2.52. The molecule has 2 aliphatic rings. The zero-order chi connectivity index (χ0) is 18.2. The highest BCUT2D eigenvalue weighted by molar-refractivity contribution is 6.45. The number of fused-ring (bicyclic) bond motifs is 1. The van der Waals surface area contributed by atoms with Gasteiger partial charge in [0, 0.05) is 17.4 Å². The Labute approximate surface area is 158 Å². The van der Waals surface area contributed by atoms with Crippen molar-refractivity contribution < 1.29 is 9.53 Å². The van der Waals surface area contributed by atoms with Crippen LogP contribution in [0.25, 0.3) is 0 Å². The van der Waals surface area contributed by atoms with E-state index in [1.807, 2.05) is 6.07 Å². The van der Waals surface area contributed by atoms with Gasteiger partial charge in [-0.25, -0.2) is 0 Å². The van der Waals surface area contributed by atoms with Gasteiger partial charge in [-0.2, -0.15) is 0 Å². The Balaban J connectivity index is 1.83. The van der Waals surface area contributed by atoms with Crippen LogP contribution in [-0.2, 0) is 6.42 Å². The molecule has 3 N–H and O–H groups in total. The van der Waals surface area contributed by atoms with Gasteiger partial charge in [-0.05, 0) is 43.2 Å². The molecule has 0 amide bonds. The molecular formula is C19H24Cl2N2O2. The maximum Gasteiger partial charge on any atom is 0.171 e. The molecule has 3 rings (SSSR count). The predicted molar refractivity (Wildman–Crippen MR) is 101 cm³/mol. The summed E-state index contributed by atoms with van der Waals surface area (Å²) in [5.41, 5.74) is 6.49. The summed E-state index contributed by atoms with van der Waals surface area (Å²) < 4.78 is 5.74. The molecule has 2 aliphatic carbocycles. The van der Waals surface area contributed by atoms with E-state index in [1.165, 1.54) is 12.8 Å². The van der Waals surface area contributed by atoms with Gasteiger partial charge in [-0.3, -0.25) is 10.2 Å². The standard InChI is InChI=1S/C19H24Cl2N2O2/c1-19(12-5-2-3-6-12)10-11-9-13(25-8-4-7-14(22)23)16(20)17(21)15(11)18(19)24/h9,12H,2-8,10H2,1H3,(H3,22,23). The van der Waals surface area contributed by atoms with Gasteiger partial charge in [-0.1, -0.05) is 43.0 Å². The van der Waals surface area contributed by atoms with Crippen molar-refractivity contribution in [3.05, 3.63) is 27.2 Å². The van der Waals surface area contributed by atoms with Crippen molar-refractivity contribution >= 4 is 34.8 Å². The molecule has 136 valence electrons. The van der Waals surface area contributed by atoms with Crippen LogP contribution in [0.1, 0.15) is 61.4 Å². The van der Waals surface area contributed by atoms with Gasteiger partial charge >= 0.3 is 0 Å². The second-order valence-corrected chi connectivity index (χ2v) is 8.17. The van der Waals surface area contributed by atoms with Gasteiger partial charge in [0.15, 0.2) is 5.78 Å². The Hall–Kier alpha value is -1.26. The molecule has 1 atom stereocenters. The van der Waals surface area contributed by atoms with Crippen LogP contribution >= 0.6 is 23.2 Å². The molecular weight excluding hydrogens is 359 g/mol. The molecule has 0 aliphatic heterocycles. The molecule has 0 spiro atoms. The van der Waals surface area contributed by atoms with Crippen LogP contribution in [0.15, 0.2) is 6.07 Å². The summed E-state index contributed by atoms with van der Waals surface area (Å²) in [7, 11) is 0. The molecule has 1 saturated carbocycles. The molecule has 1 fully saturated rings. The van der Waals surface area contributed by atoms with Gasteiger partial charge in [0.05, 0.1) is 17.5 Å². The van der Waals surface area contributed by atoms with Gasteiger partial charge < -0.3 is 10.5 Å². The Morgan fingerprint density at radius 3 is 2.68 bits per heavy atom. The normalized spacial score (nSPS) is 23.1. The fourth-order valence-corrected chi connectivity index (χ4v) is 4.75. The number of halogens is 2. The number of hydrogen-bond donors (Lipinski definition) is 2. The van der Waals surface area contributed by atoms with Crippen LogP contribution in [0.4, 0.5) is 0 Å².